The molecule has 0 atom stereocenters. The van der Waals surface area contributed by atoms with E-state index in [1.54, 1.807) is 19.9 Å². The Morgan fingerprint density at radius 2 is 2.08 bits per heavy atom. The highest BCUT2D eigenvalue weighted by Gasteiger charge is 2.26. The summed E-state index contributed by atoms with van der Waals surface area (Å²) in [6, 6.07) is 4.34. The zero-order chi connectivity index (χ0) is 18.9. The largest absolute Gasteiger partial charge is 0.756 e. The number of aliphatic hydroxyl groups excluding tert-OH is 2. The highest BCUT2D eigenvalue weighted by molar-refractivity contribution is 5.74. The molecule has 0 saturated heterocycles. The Bertz CT molecular complexity index is 813. The van der Waals surface area contributed by atoms with Gasteiger partial charge in [-0.3, -0.25) is 5.32 Å². The lowest BCUT2D eigenvalue weighted by Gasteiger charge is -2.37. The molecule has 2 aromatic rings. The Kier molecular flexibility index (Phi) is 5.05. The van der Waals surface area contributed by atoms with Crippen molar-refractivity contribution in [3.05, 3.63) is 40.4 Å². The van der Waals surface area contributed by atoms with Crippen LogP contribution in [0.4, 0.5) is 16.2 Å². The maximum absolute atomic E-state index is 13.5. The summed E-state index contributed by atoms with van der Waals surface area (Å²) in [6.45, 7) is 3.15. The first-order valence-electron chi connectivity index (χ1n) is 8.19. The molecule has 0 saturated carbocycles. The molecule has 4 N–H and O–H groups in total. The van der Waals surface area contributed by atoms with Crippen LogP contribution in [0.2, 0.25) is 0 Å². The van der Waals surface area contributed by atoms with E-state index in [-0.39, 0.29) is 37.5 Å². The number of nitrogens with zero attached hydrogens (tertiary/aromatic N) is 3. The number of hydrogen-bond acceptors (Lipinski definition) is 8. The quantitative estimate of drug-likeness (QED) is 0.625. The minimum absolute atomic E-state index is 0.0859. The van der Waals surface area contributed by atoms with Gasteiger partial charge in [0.05, 0.1) is 31.1 Å². The fourth-order valence-corrected chi connectivity index (χ4v) is 2.77. The standard InChI is InChI=1S/C17H21FN5O3/c1-10-5-11(18)3-4-12(10)14-13-6-19-9-23(26)15(13)21-16(20-14)22-17(2,7-24)8-25/h3-5,19,24-25H,6-9H2,1-2H3,(H,20,21,22)/q-1. The number of rotatable bonds is 5. The Morgan fingerprint density at radius 3 is 2.73 bits per heavy atom. The van der Waals surface area contributed by atoms with Crippen molar-refractivity contribution in [3.8, 4) is 11.3 Å². The molecule has 8 nitrogen and oxygen atoms in total. The molecule has 0 spiro atoms. The molecule has 26 heavy (non-hydrogen) atoms. The number of aliphatic hydroxyl groups is 2. The molecule has 0 aliphatic carbocycles. The fraction of sp³-hybridized carbons (Fsp3) is 0.412. The molecule has 1 aliphatic heterocycles. The number of hydroxylamine groups is 1. The summed E-state index contributed by atoms with van der Waals surface area (Å²) >= 11 is 0. The van der Waals surface area contributed by atoms with Gasteiger partial charge in [-0.25, -0.2) is 9.37 Å². The van der Waals surface area contributed by atoms with Crippen molar-refractivity contribution in [2.45, 2.75) is 25.9 Å². The monoisotopic (exact) mass is 362 g/mol. The van der Waals surface area contributed by atoms with Crippen molar-refractivity contribution in [1.82, 2.24) is 15.3 Å². The fourth-order valence-electron chi connectivity index (χ4n) is 2.77. The minimum Gasteiger partial charge on any atom is -0.756 e. The second kappa shape index (κ2) is 7.12. The number of aromatic nitrogens is 2. The molecule has 2 heterocycles. The maximum atomic E-state index is 13.5. The summed E-state index contributed by atoms with van der Waals surface area (Å²) < 4.78 is 13.5. The predicted octanol–water partition coefficient (Wildman–Crippen LogP) is 1.11. The van der Waals surface area contributed by atoms with Crippen molar-refractivity contribution < 1.29 is 14.6 Å². The van der Waals surface area contributed by atoms with E-state index in [4.69, 9.17) is 0 Å². The summed E-state index contributed by atoms with van der Waals surface area (Å²) in [5.41, 5.74) is 1.42. The predicted molar refractivity (Wildman–Crippen MR) is 95.9 cm³/mol. The Labute approximate surface area is 150 Å². The molecule has 1 aliphatic rings. The summed E-state index contributed by atoms with van der Waals surface area (Å²) in [5.74, 6) is -0.0433. The first kappa shape index (κ1) is 18.5. The first-order chi connectivity index (χ1) is 12.4. The third-order valence-corrected chi connectivity index (χ3v) is 4.33. The van der Waals surface area contributed by atoms with Crippen LogP contribution < -0.4 is 15.7 Å². The van der Waals surface area contributed by atoms with Crippen LogP contribution in [0.1, 0.15) is 18.1 Å². The number of aryl methyl sites for hydroxylation is 1. The summed E-state index contributed by atoms with van der Waals surface area (Å²) in [6.07, 6.45) is 0. The van der Waals surface area contributed by atoms with Gasteiger partial charge in [0.25, 0.3) is 0 Å². The van der Waals surface area contributed by atoms with Crippen LogP contribution in [-0.2, 0) is 6.54 Å². The lowest BCUT2D eigenvalue weighted by molar-refractivity contribution is 0.147. The zero-order valence-corrected chi connectivity index (χ0v) is 14.6. The van der Waals surface area contributed by atoms with Gasteiger partial charge < -0.3 is 25.8 Å². The smallest absolute Gasteiger partial charge is 0.225 e. The average molecular weight is 362 g/mol. The van der Waals surface area contributed by atoms with Gasteiger partial charge in [-0.15, -0.1) is 0 Å². The van der Waals surface area contributed by atoms with Gasteiger partial charge in [-0.05, 0) is 37.6 Å². The van der Waals surface area contributed by atoms with E-state index in [2.05, 4.69) is 20.6 Å². The Balaban J connectivity index is 2.16. The number of halogens is 1. The highest BCUT2D eigenvalue weighted by Crippen LogP contribution is 2.33. The number of nitrogens with one attached hydrogen (secondary N) is 2. The van der Waals surface area contributed by atoms with Crippen molar-refractivity contribution in [2.24, 2.45) is 0 Å². The topological polar surface area (TPSA) is 117 Å². The first-order valence-corrected chi connectivity index (χ1v) is 8.19. The van der Waals surface area contributed by atoms with Gasteiger partial charge in [0.2, 0.25) is 5.95 Å². The van der Waals surface area contributed by atoms with Gasteiger partial charge in [0.1, 0.15) is 11.6 Å². The van der Waals surface area contributed by atoms with E-state index in [0.717, 1.165) is 0 Å². The maximum Gasteiger partial charge on any atom is 0.225 e. The molecule has 1 aromatic heterocycles. The number of fused-ring (bicyclic) bond motifs is 1. The summed E-state index contributed by atoms with van der Waals surface area (Å²) in [7, 11) is 0. The van der Waals surface area contributed by atoms with Crippen molar-refractivity contribution in [2.75, 3.05) is 30.3 Å². The van der Waals surface area contributed by atoms with E-state index < -0.39 is 5.54 Å². The molecule has 140 valence electrons. The van der Waals surface area contributed by atoms with Gasteiger partial charge in [0, 0.05) is 17.7 Å². The van der Waals surface area contributed by atoms with Crippen LogP contribution in [0.3, 0.4) is 0 Å². The molecular formula is C17H21FN5O3-. The molecule has 0 unspecified atom stereocenters. The lowest BCUT2D eigenvalue weighted by atomic mass is 10.0. The Morgan fingerprint density at radius 1 is 1.35 bits per heavy atom. The molecule has 0 fully saturated rings. The van der Waals surface area contributed by atoms with Crippen LogP contribution in [0.25, 0.3) is 11.3 Å². The molecule has 0 radical (unpaired) electrons. The van der Waals surface area contributed by atoms with Crippen molar-refractivity contribution >= 4 is 11.8 Å². The van der Waals surface area contributed by atoms with Crippen LogP contribution >= 0.6 is 0 Å². The molecule has 0 bridgehead atoms. The number of hydrogen-bond donors (Lipinski definition) is 4. The van der Waals surface area contributed by atoms with Crippen molar-refractivity contribution in [1.29, 1.82) is 0 Å². The second-order valence-corrected chi connectivity index (χ2v) is 6.62. The van der Waals surface area contributed by atoms with Gasteiger partial charge in [-0.1, -0.05) is 0 Å². The average Bonchev–Trinajstić information content (AvgIpc) is 2.62. The number of benzene rings is 1. The minimum atomic E-state index is -1.05. The third kappa shape index (κ3) is 3.47. The normalized spacial score (nSPS) is 14.3. The van der Waals surface area contributed by atoms with Crippen LogP contribution in [0, 0.1) is 17.9 Å². The Hall–Kier alpha value is -2.33. The molecular weight excluding hydrogens is 341 g/mol. The van der Waals surface area contributed by atoms with Crippen LogP contribution in [0.15, 0.2) is 18.2 Å². The molecule has 0 amide bonds. The van der Waals surface area contributed by atoms with E-state index in [1.165, 1.54) is 12.1 Å². The van der Waals surface area contributed by atoms with Crippen LogP contribution in [0.5, 0.6) is 0 Å². The summed E-state index contributed by atoms with van der Waals surface area (Å²) in [5, 5.41) is 37.8. The molecule has 3 rings (SSSR count). The molecule has 1 aromatic carbocycles. The van der Waals surface area contributed by atoms with Gasteiger partial charge in [-0.2, -0.15) is 4.98 Å². The SMILES string of the molecule is Cc1cc(F)ccc1-c1nc(NC(C)(CO)CO)nc2c1CNCN2[O-]. The zero-order valence-electron chi connectivity index (χ0n) is 14.6. The lowest BCUT2D eigenvalue weighted by Crippen LogP contribution is -2.43. The van der Waals surface area contributed by atoms with E-state index in [1.807, 2.05) is 0 Å². The van der Waals surface area contributed by atoms with Gasteiger partial charge >= 0.3 is 0 Å². The third-order valence-electron chi connectivity index (χ3n) is 4.33. The highest BCUT2D eigenvalue weighted by atomic mass is 19.1. The number of anilines is 2. The van der Waals surface area contributed by atoms with E-state index >= 15 is 0 Å². The van der Waals surface area contributed by atoms with E-state index in [9.17, 15) is 19.8 Å². The van der Waals surface area contributed by atoms with Crippen LogP contribution in [-0.4, -0.2) is 45.6 Å². The summed E-state index contributed by atoms with van der Waals surface area (Å²) in [4.78, 5) is 8.75. The molecule has 9 heteroatoms. The second-order valence-electron chi connectivity index (χ2n) is 6.62. The van der Waals surface area contributed by atoms with Crippen molar-refractivity contribution in [3.63, 3.8) is 0 Å². The van der Waals surface area contributed by atoms with Gasteiger partial charge in [0.15, 0.2) is 0 Å². The van der Waals surface area contributed by atoms with E-state index in [0.29, 0.717) is 34.0 Å².